The molecule has 23 heavy (non-hydrogen) atoms. The Morgan fingerprint density at radius 1 is 1.26 bits per heavy atom. The van der Waals surface area contributed by atoms with E-state index in [-0.39, 0.29) is 6.61 Å². The fourth-order valence-corrected chi connectivity index (χ4v) is 1.67. The van der Waals surface area contributed by atoms with E-state index in [4.69, 9.17) is 9.94 Å². The second kappa shape index (κ2) is 8.49. The standard InChI is InChI=1S/C14H17F3N2O4/c1-9(18-11(7-12(20)21)14(15,16)17)13(22)19-23-8-10-5-3-2-4-6-10/h2-6,9,11,18H,7-8H2,1H3,(H,19,22)(H,20,21)/t9-,11-/m0/s1. The number of rotatable bonds is 8. The molecule has 0 aromatic heterocycles. The molecule has 1 aromatic carbocycles. The molecule has 1 rings (SSSR count). The Morgan fingerprint density at radius 3 is 2.39 bits per heavy atom. The lowest BCUT2D eigenvalue weighted by Crippen LogP contribution is -2.52. The van der Waals surface area contributed by atoms with Gasteiger partial charge in [0.05, 0.1) is 19.1 Å². The van der Waals surface area contributed by atoms with E-state index in [2.05, 4.69) is 0 Å². The Bertz CT molecular complexity index is 523. The van der Waals surface area contributed by atoms with Gasteiger partial charge < -0.3 is 5.11 Å². The normalized spacial score (nSPS) is 14.1. The maximum atomic E-state index is 12.7. The monoisotopic (exact) mass is 334 g/mol. The minimum Gasteiger partial charge on any atom is -0.481 e. The number of carbonyl (C=O) groups excluding carboxylic acids is 1. The second-order valence-electron chi connectivity index (χ2n) is 4.82. The predicted octanol–water partition coefficient (Wildman–Crippen LogP) is 1.62. The van der Waals surface area contributed by atoms with Crippen LogP contribution in [0.15, 0.2) is 30.3 Å². The first kappa shape index (κ1) is 18.9. The number of benzene rings is 1. The molecule has 0 aliphatic carbocycles. The summed E-state index contributed by atoms with van der Waals surface area (Å²) < 4.78 is 38.1. The number of amides is 1. The van der Waals surface area contributed by atoms with E-state index < -0.39 is 36.6 Å². The molecular formula is C14H17F3N2O4. The molecule has 9 heteroatoms. The van der Waals surface area contributed by atoms with Gasteiger partial charge in [-0.05, 0) is 12.5 Å². The number of carboxylic acids is 1. The number of carboxylic acid groups (broad SMARTS) is 1. The molecule has 0 aliphatic heterocycles. The van der Waals surface area contributed by atoms with Gasteiger partial charge >= 0.3 is 12.1 Å². The van der Waals surface area contributed by atoms with Gasteiger partial charge in [-0.15, -0.1) is 0 Å². The zero-order valence-electron chi connectivity index (χ0n) is 12.3. The average Bonchev–Trinajstić information content (AvgIpc) is 2.46. The van der Waals surface area contributed by atoms with E-state index in [0.717, 1.165) is 5.56 Å². The molecule has 1 aromatic rings. The van der Waals surface area contributed by atoms with Crippen LogP contribution in [0, 0.1) is 0 Å². The highest BCUT2D eigenvalue weighted by Gasteiger charge is 2.42. The maximum Gasteiger partial charge on any atom is 0.404 e. The van der Waals surface area contributed by atoms with Crippen molar-refractivity contribution in [3.05, 3.63) is 35.9 Å². The zero-order chi connectivity index (χ0) is 17.5. The summed E-state index contributed by atoms with van der Waals surface area (Å²) in [6, 6.07) is 5.23. The smallest absolute Gasteiger partial charge is 0.404 e. The summed E-state index contributed by atoms with van der Waals surface area (Å²) in [7, 11) is 0. The molecule has 0 saturated carbocycles. The SMILES string of the molecule is C[C@H](N[C@@H](CC(=O)O)C(F)(F)F)C(=O)NOCc1ccccc1. The van der Waals surface area contributed by atoms with Crippen LogP contribution in [-0.2, 0) is 21.0 Å². The largest absolute Gasteiger partial charge is 0.481 e. The Balaban J connectivity index is 2.46. The predicted molar refractivity (Wildman–Crippen MR) is 74.1 cm³/mol. The van der Waals surface area contributed by atoms with E-state index in [9.17, 15) is 22.8 Å². The minimum absolute atomic E-state index is 0.0527. The van der Waals surface area contributed by atoms with Crippen molar-refractivity contribution in [3.8, 4) is 0 Å². The lowest BCUT2D eigenvalue weighted by molar-refractivity contribution is -0.170. The lowest BCUT2D eigenvalue weighted by atomic mass is 10.1. The lowest BCUT2D eigenvalue weighted by Gasteiger charge is -2.23. The van der Waals surface area contributed by atoms with Gasteiger partial charge in [0.1, 0.15) is 6.04 Å². The number of halogens is 3. The van der Waals surface area contributed by atoms with Crippen LogP contribution in [0.5, 0.6) is 0 Å². The van der Waals surface area contributed by atoms with Crippen molar-refractivity contribution in [1.29, 1.82) is 0 Å². The molecule has 0 fully saturated rings. The summed E-state index contributed by atoms with van der Waals surface area (Å²) >= 11 is 0. The Hall–Kier alpha value is -2.13. The molecule has 0 unspecified atom stereocenters. The fourth-order valence-electron chi connectivity index (χ4n) is 1.67. The van der Waals surface area contributed by atoms with Crippen LogP contribution in [0.3, 0.4) is 0 Å². The highest BCUT2D eigenvalue weighted by atomic mass is 19.4. The molecule has 0 saturated heterocycles. The molecule has 1 amide bonds. The van der Waals surface area contributed by atoms with Crippen molar-refractivity contribution in [2.75, 3.05) is 0 Å². The van der Waals surface area contributed by atoms with Crippen molar-refractivity contribution in [2.24, 2.45) is 0 Å². The Kier molecular flexibility index (Phi) is 6.98. The van der Waals surface area contributed by atoms with Crippen molar-refractivity contribution in [2.45, 2.75) is 38.2 Å². The first-order valence-corrected chi connectivity index (χ1v) is 6.70. The number of nitrogens with one attached hydrogen (secondary N) is 2. The Morgan fingerprint density at radius 2 is 1.87 bits per heavy atom. The van der Waals surface area contributed by atoms with Gasteiger partial charge in [-0.1, -0.05) is 30.3 Å². The third-order valence-electron chi connectivity index (χ3n) is 2.87. The molecule has 0 heterocycles. The number of hydrogen-bond donors (Lipinski definition) is 3. The first-order chi connectivity index (χ1) is 10.7. The molecule has 6 nitrogen and oxygen atoms in total. The molecular weight excluding hydrogens is 317 g/mol. The van der Waals surface area contributed by atoms with Crippen LogP contribution in [0.4, 0.5) is 13.2 Å². The molecule has 0 bridgehead atoms. The van der Waals surface area contributed by atoms with Crippen LogP contribution in [0.25, 0.3) is 0 Å². The van der Waals surface area contributed by atoms with Gasteiger partial charge in [-0.2, -0.15) is 13.2 Å². The Labute approximate surface area is 130 Å². The third-order valence-corrected chi connectivity index (χ3v) is 2.87. The molecule has 3 N–H and O–H groups in total. The molecule has 128 valence electrons. The van der Waals surface area contributed by atoms with Gasteiger partial charge in [0, 0.05) is 0 Å². The molecule has 0 spiro atoms. The number of alkyl halides is 3. The zero-order valence-corrected chi connectivity index (χ0v) is 12.3. The summed E-state index contributed by atoms with van der Waals surface area (Å²) in [6.07, 6.45) is -5.95. The van der Waals surface area contributed by atoms with Crippen LogP contribution in [-0.4, -0.2) is 35.2 Å². The molecule has 0 aliphatic rings. The third kappa shape index (κ3) is 7.11. The van der Waals surface area contributed by atoms with Gasteiger partial charge in [-0.25, -0.2) is 5.48 Å². The van der Waals surface area contributed by atoms with Crippen LogP contribution in [0.1, 0.15) is 18.9 Å². The highest BCUT2D eigenvalue weighted by Crippen LogP contribution is 2.23. The van der Waals surface area contributed by atoms with E-state index in [1.54, 1.807) is 30.3 Å². The number of carbonyl (C=O) groups is 2. The fraction of sp³-hybridized carbons (Fsp3) is 0.429. The topological polar surface area (TPSA) is 87.7 Å². The van der Waals surface area contributed by atoms with Crippen molar-refractivity contribution < 1.29 is 32.7 Å². The molecule has 0 radical (unpaired) electrons. The summed E-state index contributed by atoms with van der Waals surface area (Å²) in [4.78, 5) is 27.1. The maximum absolute atomic E-state index is 12.7. The highest BCUT2D eigenvalue weighted by molar-refractivity contribution is 5.80. The second-order valence-corrected chi connectivity index (χ2v) is 4.82. The molecule has 2 atom stereocenters. The van der Waals surface area contributed by atoms with Gasteiger partial charge in [0.15, 0.2) is 0 Å². The minimum atomic E-state index is -4.78. The van der Waals surface area contributed by atoms with Crippen molar-refractivity contribution >= 4 is 11.9 Å². The van der Waals surface area contributed by atoms with Gasteiger partial charge in [0.2, 0.25) is 0 Å². The van der Waals surface area contributed by atoms with E-state index in [0.29, 0.717) is 0 Å². The number of hydroxylamine groups is 1. The number of hydrogen-bond acceptors (Lipinski definition) is 4. The summed E-state index contributed by atoms with van der Waals surface area (Å²) in [5, 5.41) is 10.4. The summed E-state index contributed by atoms with van der Waals surface area (Å²) in [5.41, 5.74) is 2.80. The van der Waals surface area contributed by atoms with Crippen LogP contribution in [0.2, 0.25) is 0 Å². The van der Waals surface area contributed by atoms with Gasteiger partial charge in [-0.3, -0.25) is 19.7 Å². The van der Waals surface area contributed by atoms with Crippen molar-refractivity contribution in [1.82, 2.24) is 10.8 Å². The quantitative estimate of drug-likeness (QED) is 0.629. The van der Waals surface area contributed by atoms with E-state index >= 15 is 0 Å². The van der Waals surface area contributed by atoms with Crippen LogP contribution >= 0.6 is 0 Å². The summed E-state index contributed by atoms with van der Waals surface area (Å²) in [6.45, 7) is 1.24. The van der Waals surface area contributed by atoms with E-state index in [1.807, 2.05) is 10.8 Å². The number of aliphatic carboxylic acids is 1. The first-order valence-electron chi connectivity index (χ1n) is 6.70. The van der Waals surface area contributed by atoms with Gasteiger partial charge in [0.25, 0.3) is 5.91 Å². The van der Waals surface area contributed by atoms with Crippen LogP contribution < -0.4 is 10.8 Å². The van der Waals surface area contributed by atoms with Crippen molar-refractivity contribution in [3.63, 3.8) is 0 Å². The average molecular weight is 334 g/mol. The summed E-state index contributed by atoms with van der Waals surface area (Å²) in [5.74, 6) is -2.45. The van der Waals surface area contributed by atoms with E-state index in [1.165, 1.54) is 6.92 Å².